The van der Waals surface area contributed by atoms with Gasteiger partial charge in [0.05, 0.1) is 6.33 Å². The summed E-state index contributed by atoms with van der Waals surface area (Å²) in [5.74, 6) is -0.0124. The summed E-state index contributed by atoms with van der Waals surface area (Å²) >= 11 is 11.9. The molecule has 0 radical (unpaired) electrons. The maximum atomic E-state index is 12.0. The van der Waals surface area contributed by atoms with Crippen molar-refractivity contribution in [3.05, 3.63) is 52.5 Å². The Hall–Kier alpha value is -1.52. The lowest BCUT2D eigenvalue weighted by Gasteiger charge is -2.16. The number of imidazole rings is 1. The van der Waals surface area contributed by atoms with Crippen LogP contribution in [0.1, 0.15) is 31.4 Å². The predicted molar refractivity (Wildman–Crippen MR) is 84.5 cm³/mol. The van der Waals surface area contributed by atoms with Crippen molar-refractivity contribution in [3.8, 4) is 0 Å². The molecule has 0 spiro atoms. The lowest BCUT2D eigenvalue weighted by molar-refractivity contribution is -0.122. The second-order valence-electron chi connectivity index (χ2n) is 4.79. The number of nitrogens with zero attached hydrogens (tertiary/aromatic N) is 2. The minimum Gasteiger partial charge on any atom is -0.352 e. The number of benzene rings is 1. The first-order valence-corrected chi connectivity index (χ1v) is 7.53. The van der Waals surface area contributed by atoms with Gasteiger partial charge in [-0.25, -0.2) is 4.98 Å². The van der Waals surface area contributed by atoms with Gasteiger partial charge in [-0.3, -0.25) is 4.79 Å². The van der Waals surface area contributed by atoms with E-state index < -0.39 is 0 Å². The second-order valence-corrected chi connectivity index (χ2v) is 5.63. The van der Waals surface area contributed by atoms with E-state index >= 15 is 0 Å². The van der Waals surface area contributed by atoms with Crippen molar-refractivity contribution in [3.63, 3.8) is 0 Å². The van der Waals surface area contributed by atoms with Crippen molar-refractivity contribution in [2.24, 2.45) is 0 Å². The van der Waals surface area contributed by atoms with Crippen LogP contribution in [0, 0.1) is 0 Å². The zero-order valence-corrected chi connectivity index (χ0v) is 13.2. The van der Waals surface area contributed by atoms with Gasteiger partial charge in [0.25, 0.3) is 0 Å². The van der Waals surface area contributed by atoms with Crippen LogP contribution in [0.4, 0.5) is 0 Å². The van der Waals surface area contributed by atoms with E-state index in [0.29, 0.717) is 23.0 Å². The Bertz CT molecular complexity index is 599. The van der Waals surface area contributed by atoms with Crippen LogP contribution in [-0.2, 0) is 11.3 Å². The standard InChI is InChI=1S/C15H17Cl2N3O/c1-2-13(20-6-5-18-10-20)8-15(21)19-9-11-3-4-12(16)7-14(11)17/h3-7,10,13H,2,8-9H2,1H3,(H,19,21)/t13-/m0/s1. The monoisotopic (exact) mass is 325 g/mol. The number of halogens is 2. The molecule has 0 aliphatic rings. The van der Waals surface area contributed by atoms with Crippen molar-refractivity contribution in [1.29, 1.82) is 0 Å². The minimum absolute atomic E-state index is 0.0124. The van der Waals surface area contributed by atoms with Crippen molar-refractivity contribution in [2.75, 3.05) is 0 Å². The number of nitrogens with one attached hydrogen (secondary N) is 1. The molecule has 0 bridgehead atoms. The molecule has 1 N–H and O–H groups in total. The van der Waals surface area contributed by atoms with E-state index in [4.69, 9.17) is 23.2 Å². The first-order valence-electron chi connectivity index (χ1n) is 6.78. The molecular formula is C15H17Cl2N3O. The fourth-order valence-corrected chi connectivity index (χ4v) is 2.57. The van der Waals surface area contributed by atoms with Crippen LogP contribution >= 0.6 is 23.2 Å². The molecule has 0 aliphatic heterocycles. The van der Waals surface area contributed by atoms with Gasteiger partial charge < -0.3 is 9.88 Å². The van der Waals surface area contributed by atoms with Crippen LogP contribution in [0.3, 0.4) is 0 Å². The molecule has 1 amide bonds. The van der Waals surface area contributed by atoms with Gasteiger partial charge >= 0.3 is 0 Å². The lowest BCUT2D eigenvalue weighted by Crippen LogP contribution is -2.26. The number of rotatable bonds is 6. The van der Waals surface area contributed by atoms with Gasteiger partial charge in [0, 0.05) is 41.4 Å². The van der Waals surface area contributed by atoms with Gasteiger partial charge in [-0.2, -0.15) is 0 Å². The minimum atomic E-state index is -0.0124. The SMILES string of the molecule is CC[C@@H](CC(=O)NCc1ccc(Cl)cc1Cl)n1ccnc1. The molecule has 0 saturated carbocycles. The quantitative estimate of drug-likeness (QED) is 0.876. The molecule has 21 heavy (non-hydrogen) atoms. The Balaban J connectivity index is 1.89. The highest BCUT2D eigenvalue weighted by Gasteiger charge is 2.13. The molecule has 6 heteroatoms. The van der Waals surface area contributed by atoms with Gasteiger partial charge in [-0.15, -0.1) is 0 Å². The van der Waals surface area contributed by atoms with Gasteiger partial charge in [-0.05, 0) is 24.1 Å². The summed E-state index contributed by atoms with van der Waals surface area (Å²) in [5.41, 5.74) is 0.852. The van der Waals surface area contributed by atoms with Gasteiger partial charge in [-0.1, -0.05) is 36.2 Å². The maximum Gasteiger partial charge on any atom is 0.222 e. The molecule has 0 fully saturated rings. The molecule has 1 aromatic heterocycles. The maximum absolute atomic E-state index is 12.0. The fourth-order valence-electron chi connectivity index (χ4n) is 2.09. The van der Waals surface area contributed by atoms with Gasteiger partial charge in [0.1, 0.15) is 0 Å². The third kappa shape index (κ3) is 4.48. The summed E-state index contributed by atoms with van der Waals surface area (Å²) in [6.07, 6.45) is 6.60. The molecule has 0 unspecified atom stereocenters. The van der Waals surface area contributed by atoms with Gasteiger partial charge in [0.2, 0.25) is 5.91 Å². The van der Waals surface area contributed by atoms with Crippen LogP contribution in [-0.4, -0.2) is 15.5 Å². The predicted octanol–water partition coefficient (Wildman–Crippen LogP) is 3.85. The average molecular weight is 326 g/mol. The summed E-state index contributed by atoms with van der Waals surface area (Å²) in [5, 5.41) is 4.03. The summed E-state index contributed by atoms with van der Waals surface area (Å²) in [6.45, 7) is 2.45. The molecule has 112 valence electrons. The van der Waals surface area contributed by atoms with Crippen molar-refractivity contribution in [1.82, 2.24) is 14.9 Å². The number of aromatic nitrogens is 2. The van der Waals surface area contributed by atoms with E-state index in [1.807, 2.05) is 23.8 Å². The van der Waals surface area contributed by atoms with E-state index in [-0.39, 0.29) is 11.9 Å². The van der Waals surface area contributed by atoms with Crippen LogP contribution in [0.2, 0.25) is 10.0 Å². The molecule has 1 atom stereocenters. The van der Waals surface area contributed by atoms with Crippen molar-refractivity contribution < 1.29 is 4.79 Å². The topological polar surface area (TPSA) is 46.9 Å². The molecule has 2 rings (SSSR count). The number of hydrogen-bond acceptors (Lipinski definition) is 2. The first kappa shape index (κ1) is 15.9. The van der Waals surface area contributed by atoms with Crippen LogP contribution in [0.25, 0.3) is 0 Å². The molecule has 0 aliphatic carbocycles. The summed E-state index contributed by atoms with van der Waals surface area (Å²) in [4.78, 5) is 16.1. The third-order valence-electron chi connectivity index (χ3n) is 3.33. The summed E-state index contributed by atoms with van der Waals surface area (Å²) in [7, 11) is 0. The number of carbonyl (C=O) groups is 1. The summed E-state index contributed by atoms with van der Waals surface area (Å²) in [6, 6.07) is 5.37. The van der Waals surface area contributed by atoms with Crippen LogP contribution in [0.15, 0.2) is 36.9 Å². The van der Waals surface area contributed by atoms with E-state index in [2.05, 4.69) is 10.3 Å². The number of hydrogen-bond donors (Lipinski definition) is 1. The molecule has 4 nitrogen and oxygen atoms in total. The Morgan fingerprint density at radius 3 is 2.86 bits per heavy atom. The van der Waals surface area contributed by atoms with Crippen LogP contribution < -0.4 is 5.32 Å². The highest BCUT2D eigenvalue weighted by atomic mass is 35.5. The smallest absolute Gasteiger partial charge is 0.222 e. The largest absolute Gasteiger partial charge is 0.352 e. The zero-order valence-electron chi connectivity index (χ0n) is 11.7. The van der Waals surface area contributed by atoms with E-state index in [0.717, 1.165) is 12.0 Å². The molecule has 1 aromatic carbocycles. The number of amides is 1. The third-order valence-corrected chi connectivity index (χ3v) is 3.92. The normalized spacial score (nSPS) is 12.1. The molecular weight excluding hydrogens is 309 g/mol. The Morgan fingerprint density at radius 2 is 2.24 bits per heavy atom. The van der Waals surface area contributed by atoms with E-state index in [1.165, 1.54) is 0 Å². The zero-order chi connectivity index (χ0) is 15.2. The highest BCUT2D eigenvalue weighted by Crippen LogP contribution is 2.21. The highest BCUT2D eigenvalue weighted by molar-refractivity contribution is 6.35. The Kier molecular flexibility index (Phi) is 5.65. The fraction of sp³-hybridized carbons (Fsp3) is 0.333. The molecule has 1 heterocycles. The summed E-state index contributed by atoms with van der Waals surface area (Å²) < 4.78 is 1.95. The van der Waals surface area contributed by atoms with Gasteiger partial charge in [0.15, 0.2) is 0 Å². The Labute approximate surface area is 134 Å². The number of carbonyl (C=O) groups excluding carboxylic acids is 1. The Morgan fingerprint density at radius 1 is 1.43 bits per heavy atom. The molecule has 0 saturated heterocycles. The average Bonchev–Trinajstić information content (AvgIpc) is 2.98. The second kappa shape index (κ2) is 7.48. The first-order chi connectivity index (χ1) is 10.1. The van der Waals surface area contributed by atoms with Crippen molar-refractivity contribution >= 4 is 29.1 Å². The van der Waals surface area contributed by atoms with E-state index in [1.54, 1.807) is 24.7 Å². The van der Waals surface area contributed by atoms with E-state index in [9.17, 15) is 4.79 Å². The van der Waals surface area contributed by atoms with Crippen molar-refractivity contribution in [2.45, 2.75) is 32.4 Å². The molecule has 2 aromatic rings. The van der Waals surface area contributed by atoms with Crippen LogP contribution in [0.5, 0.6) is 0 Å². The lowest BCUT2D eigenvalue weighted by atomic mass is 10.1.